The van der Waals surface area contributed by atoms with E-state index in [1.54, 1.807) is 14.2 Å². The maximum Gasteiger partial charge on any atom is 0.203 e. The second-order valence-electron chi connectivity index (χ2n) is 4.52. The molecule has 1 unspecified atom stereocenters. The predicted molar refractivity (Wildman–Crippen MR) is 72.8 cm³/mol. The first-order chi connectivity index (χ1) is 8.54. The van der Waals surface area contributed by atoms with Gasteiger partial charge in [0.05, 0.1) is 20.3 Å². The third kappa shape index (κ3) is 3.07. The van der Waals surface area contributed by atoms with E-state index in [1.165, 1.54) is 0 Å². The van der Waals surface area contributed by atoms with Crippen molar-refractivity contribution in [2.75, 3.05) is 20.8 Å². The van der Waals surface area contributed by atoms with Crippen molar-refractivity contribution < 1.29 is 14.2 Å². The number of benzene rings is 1. The van der Waals surface area contributed by atoms with Crippen molar-refractivity contribution in [2.24, 2.45) is 5.73 Å². The Hall–Kier alpha value is -1.42. The van der Waals surface area contributed by atoms with E-state index in [0.29, 0.717) is 18.0 Å². The number of ether oxygens (including phenoxy) is 3. The predicted octanol–water partition coefficient (Wildman–Crippen LogP) is 2.55. The van der Waals surface area contributed by atoms with Crippen LogP contribution in [0.2, 0.25) is 0 Å². The van der Waals surface area contributed by atoms with Crippen LogP contribution in [0.15, 0.2) is 12.1 Å². The molecule has 0 heterocycles. The molecule has 0 saturated heterocycles. The van der Waals surface area contributed by atoms with Gasteiger partial charge in [0.15, 0.2) is 11.5 Å². The zero-order valence-corrected chi connectivity index (χ0v) is 11.8. The van der Waals surface area contributed by atoms with Crippen LogP contribution in [0.1, 0.15) is 32.3 Å². The maximum absolute atomic E-state index is 5.87. The lowest BCUT2D eigenvalue weighted by Crippen LogP contribution is -2.14. The molecule has 1 atom stereocenters. The van der Waals surface area contributed by atoms with Gasteiger partial charge in [-0.2, -0.15) is 0 Å². The molecule has 2 N–H and O–H groups in total. The normalized spacial score (nSPS) is 12.4. The fourth-order valence-corrected chi connectivity index (χ4v) is 1.79. The Balaban J connectivity index is 3.33. The number of methoxy groups -OCH3 is 2. The van der Waals surface area contributed by atoms with E-state index >= 15 is 0 Å². The van der Waals surface area contributed by atoms with E-state index < -0.39 is 0 Å². The molecule has 4 heteroatoms. The number of rotatable bonds is 6. The van der Waals surface area contributed by atoms with Crippen molar-refractivity contribution in [1.29, 1.82) is 0 Å². The summed E-state index contributed by atoms with van der Waals surface area (Å²) in [5.74, 6) is 2.23. The highest BCUT2D eigenvalue weighted by Crippen LogP contribution is 2.42. The molecule has 1 aromatic carbocycles. The molecule has 0 aliphatic heterocycles. The molecule has 0 radical (unpaired) electrons. The van der Waals surface area contributed by atoms with Crippen molar-refractivity contribution in [1.82, 2.24) is 0 Å². The zero-order valence-electron chi connectivity index (χ0n) is 11.8. The van der Waals surface area contributed by atoms with Gasteiger partial charge in [0.2, 0.25) is 5.75 Å². The zero-order chi connectivity index (χ0) is 13.7. The summed E-state index contributed by atoms with van der Waals surface area (Å²) >= 11 is 0. The van der Waals surface area contributed by atoms with Gasteiger partial charge >= 0.3 is 0 Å². The van der Waals surface area contributed by atoms with Crippen molar-refractivity contribution in [2.45, 2.75) is 32.8 Å². The summed E-state index contributed by atoms with van der Waals surface area (Å²) in [5, 5.41) is 0. The summed E-state index contributed by atoms with van der Waals surface area (Å²) in [4.78, 5) is 0. The third-order valence-electron chi connectivity index (χ3n) is 2.77. The minimum Gasteiger partial charge on any atom is -0.493 e. The van der Waals surface area contributed by atoms with Gasteiger partial charge in [0.1, 0.15) is 0 Å². The van der Waals surface area contributed by atoms with Crippen molar-refractivity contribution >= 4 is 0 Å². The Morgan fingerprint density at radius 1 is 1.06 bits per heavy atom. The lowest BCUT2D eigenvalue weighted by atomic mass is 9.99. The molecule has 1 rings (SSSR count). The summed E-state index contributed by atoms with van der Waals surface area (Å²) in [6.07, 6.45) is 0.0646. The molecule has 0 bridgehead atoms. The van der Waals surface area contributed by atoms with E-state index in [2.05, 4.69) is 6.92 Å². The van der Waals surface area contributed by atoms with Crippen LogP contribution in [0.25, 0.3) is 0 Å². The quantitative estimate of drug-likeness (QED) is 0.846. The fraction of sp³-hybridized carbons (Fsp3) is 0.571. The molecule has 4 nitrogen and oxygen atoms in total. The Kier molecular flexibility index (Phi) is 5.28. The molecule has 0 aromatic heterocycles. The monoisotopic (exact) mass is 253 g/mol. The summed E-state index contributed by atoms with van der Waals surface area (Å²) in [6, 6.07) is 3.87. The topological polar surface area (TPSA) is 53.7 Å². The van der Waals surface area contributed by atoms with Gasteiger partial charge in [0, 0.05) is 5.56 Å². The van der Waals surface area contributed by atoms with Gasteiger partial charge in [0.25, 0.3) is 0 Å². The molecule has 0 amide bonds. The summed E-state index contributed by atoms with van der Waals surface area (Å²) in [7, 11) is 3.23. The van der Waals surface area contributed by atoms with Crippen molar-refractivity contribution in [3.8, 4) is 17.2 Å². The van der Waals surface area contributed by atoms with Crippen LogP contribution in [-0.4, -0.2) is 26.9 Å². The summed E-state index contributed by atoms with van der Waals surface area (Å²) in [5.41, 5.74) is 6.78. The van der Waals surface area contributed by atoms with Gasteiger partial charge in [-0.3, -0.25) is 0 Å². The highest BCUT2D eigenvalue weighted by atomic mass is 16.5. The van der Waals surface area contributed by atoms with E-state index in [1.807, 2.05) is 26.0 Å². The molecule has 0 aliphatic carbocycles. The Morgan fingerprint density at radius 2 is 1.72 bits per heavy atom. The number of hydrogen-bond donors (Lipinski definition) is 1. The molecule has 0 aliphatic rings. The highest BCUT2D eigenvalue weighted by Gasteiger charge is 2.20. The third-order valence-corrected chi connectivity index (χ3v) is 2.77. The minimum atomic E-state index is 0.0646. The van der Waals surface area contributed by atoms with Gasteiger partial charge in [-0.25, -0.2) is 0 Å². The van der Waals surface area contributed by atoms with Crippen LogP contribution < -0.4 is 19.9 Å². The second kappa shape index (κ2) is 6.50. The molecule has 0 spiro atoms. The first kappa shape index (κ1) is 14.6. The fourth-order valence-electron chi connectivity index (χ4n) is 1.79. The van der Waals surface area contributed by atoms with Crippen LogP contribution in [0, 0.1) is 0 Å². The van der Waals surface area contributed by atoms with Crippen LogP contribution in [0.5, 0.6) is 17.2 Å². The lowest BCUT2D eigenvalue weighted by molar-refractivity contribution is 0.223. The van der Waals surface area contributed by atoms with Gasteiger partial charge in [-0.1, -0.05) is 13.0 Å². The first-order valence-corrected chi connectivity index (χ1v) is 6.16. The SMILES string of the molecule is COc1ccc(C(C)CN)c(OC(C)C)c1OC. The number of nitrogens with two attached hydrogens (primary N) is 1. The average Bonchev–Trinajstić information content (AvgIpc) is 2.36. The molecular weight excluding hydrogens is 230 g/mol. The van der Waals surface area contributed by atoms with E-state index in [-0.39, 0.29) is 12.0 Å². The smallest absolute Gasteiger partial charge is 0.203 e. The molecule has 0 fully saturated rings. The first-order valence-electron chi connectivity index (χ1n) is 6.16. The van der Waals surface area contributed by atoms with Crippen molar-refractivity contribution in [3.63, 3.8) is 0 Å². The van der Waals surface area contributed by atoms with Crippen molar-refractivity contribution in [3.05, 3.63) is 17.7 Å². The van der Waals surface area contributed by atoms with Gasteiger partial charge in [-0.05, 0) is 32.4 Å². The largest absolute Gasteiger partial charge is 0.493 e. The van der Waals surface area contributed by atoms with Crippen LogP contribution in [0.3, 0.4) is 0 Å². The second-order valence-corrected chi connectivity index (χ2v) is 4.52. The minimum absolute atomic E-state index is 0.0646. The highest BCUT2D eigenvalue weighted by molar-refractivity contribution is 5.56. The van der Waals surface area contributed by atoms with Crippen LogP contribution in [0.4, 0.5) is 0 Å². The average molecular weight is 253 g/mol. The van der Waals surface area contributed by atoms with Gasteiger partial charge < -0.3 is 19.9 Å². The molecule has 0 saturated carbocycles. The number of hydrogen-bond acceptors (Lipinski definition) is 4. The maximum atomic E-state index is 5.87. The van der Waals surface area contributed by atoms with E-state index in [4.69, 9.17) is 19.9 Å². The standard InChI is InChI=1S/C14H23NO3/c1-9(2)18-13-11(10(3)8-15)6-7-12(16-4)14(13)17-5/h6-7,9-10H,8,15H2,1-5H3. The van der Waals surface area contributed by atoms with Crippen LogP contribution in [-0.2, 0) is 0 Å². The summed E-state index contributed by atoms with van der Waals surface area (Å²) < 4.78 is 16.6. The van der Waals surface area contributed by atoms with E-state index in [0.717, 1.165) is 11.3 Å². The molecule has 18 heavy (non-hydrogen) atoms. The molecule has 102 valence electrons. The van der Waals surface area contributed by atoms with E-state index in [9.17, 15) is 0 Å². The molecular formula is C14H23NO3. The molecule has 1 aromatic rings. The van der Waals surface area contributed by atoms with Gasteiger partial charge in [-0.15, -0.1) is 0 Å². The van der Waals surface area contributed by atoms with Crippen LogP contribution >= 0.6 is 0 Å². The summed E-state index contributed by atoms with van der Waals surface area (Å²) in [6.45, 7) is 6.59. The lowest BCUT2D eigenvalue weighted by Gasteiger charge is -2.21. The Labute approximate surface area is 109 Å². The Bertz CT molecular complexity index is 391. The Morgan fingerprint density at radius 3 is 2.17 bits per heavy atom.